The molecule has 1 rings (SSSR count). The highest BCUT2D eigenvalue weighted by Crippen LogP contribution is 2.13. The summed E-state index contributed by atoms with van der Waals surface area (Å²) in [5.41, 5.74) is 0. The Morgan fingerprint density at radius 1 is 1.41 bits per heavy atom. The van der Waals surface area contributed by atoms with Crippen molar-refractivity contribution in [1.29, 1.82) is 0 Å². The Morgan fingerprint density at radius 3 is 2.53 bits per heavy atom. The fourth-order valence-corrected chi connectivity index (χ4v) is 2.99. The molecule has 1 saturated heterocycles. The van der Waals surface area contributed by atoms with Crippen LogP contribution in [0.1, 0.15) is 6.42 Å². The van der Waals surface area contributed by atoms with E-state index in [4.69, 9.17) is 4.74 Å². The Labute approximate surface area is 110 Å². The zero-order valence-corrected chi connectivity index (χ0v) is 12.2. The second-order valence-corrected chi connectivity index (χ2v) is 6.08. The maximum Gasteiger partial charge on any atom is 0.281 e. The van der Waals surface area contributed by atoms with Gasteiger partial charge in [0.25, 0.3) is 10.2 Å². The molecule has 0 radical (unpaired) electrons. The van der Waals surface area contributed by atoms with Crippen molar-refractivity contribution in [3.63, 3.8) is 0 Å². The van der Waals surface area contributed by atoms with Crippen LogP contribution in [0.3, 0.4) is 0 Å². The molecule has 0 saturated carbocycles. The number of likely N-dealkylation sites (N-methyl/N-ethyl adjacent to an activating group) is 2. The molecule has 0 amide bonds. The molecule has 1 aliphatic heterocycles. The number of rotatable bonds is 6. The molecule has 0 aliphatic carbocycles. The Hall–Kier alpha value is 0.0800. The Kier molecular flexibility index (Phi) is 7.54. The summed E-state index contributed by atoms with van der Waals surface area (Å²) in [6.45, 7) is 2.40. The molecular weight excluding hydrogens is 266 g/mol. The number of hydrogen-bond acceptors (Lipinski definition) is 4. The minimum absolute atomic E-state index is 0. The van der Waals surface area contributed by atoms with Crippen LogP contribution in [-0.4, -0.2) is 70.5 Å². The molecule has 1 aliphatic rings. The van der Waals surface area contributed by atoms with Gasteiger partial charge in [0, 0.05) is 40.3 Å². The first kappa shape index (κ1) is 17.1. The van der Waals surface area contributed by atoms with Crippen LogP contribution in [0, 0.1) is 0 Å². The van der Waals surface area contributed by atoms with Gasteiger partial charge in [-0.25, -0.2) is 0 Å². The van der Waals surface area contributed by atoms with E-state index in [1.807, 2.05) is 0 Å². The summed E-state index contributed by atoms with van der Waals surface area (Å²) in [5, 5.41) is 3.16. The van der Waals surface area contributed by atoms with Crippen LogP contribution >= 0.6 is 12.4 Å². The fraction of sp³-hybridized carbons (Fsp3) is 1.00. The van der Waals surface area contributed by atoms with Crippen LogP contribution < -0.4 is 5.32 Å². The quantitative estimate of drug-likeness (QED) is 0.717. The number of methoxy groups -OCH3 is 1. The minimum Gasteiger partial charge on any atom is -0.383 e. The average molecular weight is 288 g/mol. The molecule has 1 N–H and O–H groups in total. The fourth-order valence-electron chi connectivity index (χ4n) is 1.69. The van der Waals surface area contributed by atoms with Crippen molar-refractivity contribution in [1.82, 2.24) is 13.9 Å². The first-order valence-corrected chi connectivity index (χ1v) is 6.78. The van der Waals surface area contributed by atoms with Crippen LogP contribution in [0.4, 0.5) is 0 Å². The van der Waals surface area contributed by atoms with Crippen LogP contribution in [0.15, 0.2) is 0 Å². The van der Waals surface area contributed by atoms with Gasteiger partial charge in [0.15, 0.2) is 0 Å². The lowest BCUT2D eigenvalue weighted by atomic mass is 10.3. The van der Waals surface area contributed by atoms with Gasteiger partial charge in [-0.05, 0) is 13.0 Å². The molecule has 0 aromatic carbocycles. The lowest BCUT2D eigenvalue weighted by Gasteiger charge is -2.28. The second kappa shape index (κ2) is 7.50. The molecule has 6 nitrogen and oxygen atoms in total. The smallest absolute Gasteiger partial charge is 0.281 e. The van der Waals surface area contributed by atoms with E-state index in [9.17, 15) is 8.42 Å². The molecule has 1 fully saturated rings. The molecule has 0 aromatic rings. The second-order valence-electron chi connectivity index (χ2n) is 3.98. The van der Waals surface area contributed by atoms with Gasteiger partial charge in [-0.3, -0.25) is 0 Å². The van der Waals surface area contributed by atoms with Crippen molar-refractivity contribution in [2.75, 3.05) is 47.4 Å². The third-order valence-electron chi connectivity index (χ3n) is 2.92. The molecular formula is C9H22ClN3O3S. The third kappa shape index (κ3) is 4.35. The molecule has 1 unspecified atom stereocenters. The van der Waals surface area contributed by atoms with E-state index < -0.39 is 10.2 Å². The molecule has 8 heteroatoms. The predicted octanol–water partition coefficient (Wildman–Crippen LogP) is -0.475. The van der Waals surface area contributed by atoms with Crippen molar-refractivity contribution < 1.29 is 13.2 Å². The highest BCUT2D eigenvalue weighted by Gasteiger charge is 2.31. The van der Waals surface area contributed by atoms with Gasteiger partial charge in [0.2, 0.25) is 0 Å². The van der Waals surface area contributed by atoms with Crippen LogP contribution in [-0.2, 0) is 14.9 Å². The molecule has 17 heavy (non-hydrogen) atoms. The highest BCUT2D eigenvalue weighted by atomic mass is 35.5. The van der Waals surface area contributed by atoms with E-state index in [-0.39, 0.29) is 18.4 Å². The van der Waals surface area contributed by atoms with Gasteiger partial charge in [-0.1, -0.05) is 0 Å². The third-order valence-corrected chi connectivity index (χ3v) is 4.91. The van der Waals surface area contributed by atoms with Gasteiger partial charge in [-0.15, -0.1) is 12.4 Å². The lowest BCUT2D eigenvalue weighted by molar-refractivity contribution is 0.182. The van der Waals surface area contributed by atoms with Crippen LogP contribution in [0.5, 0.6) is 0 Å². The normalized spacial score (nSPS) is 20.9. The van der Waals surface area contributed by atoms with Gasteiger partial charge in [0.1, 0.15) is 0 Å². The molecule has 104 valence electrons. The number of nitrogens with zero attached hydrogens (tertiary/aromatic N) is 2. The van der Waals surface area contributed by atoms with E-state index >= 15 is 0 Å². The van der Waals surface area contributed by atoms with E-state index in [0.717, 1.165) is 19.5 Å². The maximum atomic E-state index is 12.1. The zero-order valence-electron chi connectivity index (χ0n) is 10.5. The summed E-state index contributed by atoms with van der Waals surface area (Å²) in [6.07, 6.45) is 0.869. The molecule has 1 heterocycles. The first-order chi connectivity index (χ1) is 7.50. The number of hydrogen-bond donors (Lipinski definition) is 1. The highest BCUT2D eigenvalue weighted by molar-refractivity contribution is 7.86. The topological polar surface area (TPSA) is 61.9 Å². The number of halogens is 1. The van der Waals surface area contributed by atoms with Crippen molar-refractivity contribution in [3.8, 4) is 0 Å². The van der Waals surface area contributed by atoms with Crippen molar-refractivity contribution >= 4 is 22.6 Å². The zero-order chi connectivity index (χ0) is 12.2. The van der Waals surface area contributed by atoms with E-state index in [0.29, 0.717) is 13.2 Å². The minimum atomic E-state index is -3.35. The van der Waals surface area contributed by atoms with E-state index in [1.54, 1.807) is 21.2 Å². The van der Waals surface area contributed by atoms with Crippen molar-refractivity contribution in [2.24, 2.45) is 0 Å². The summed E-state index contributed by atoms with van der Waals surface area (Å²) in [7, 11) is 1.42. The number of ether oxygens (including phenoxy) is 1. The standard InChI is InChI=1S/C9H21N3O3S.ClH/c1-11(6-7-15-3)16(13,14)12(2)9-4-5-10-8-9;/h9-10H,4-8H2,1-3H3;1H. The largest absolute Gasteiger partial charge is 0.383 e. The van der Waals surface area contributed by atoms with Gasteiger partial charge in [0.05, 0.1) is 6.61 Å². The van der Waals surface area contributed by atoms with E-state index in [2.05, 4.69) is 5.32 Å². The number of nitrogens with one attached hydrogen (secondary N) is 1. The average Bonchev–Trinajstić information content (AvgIpc) is 2.77. The Morgan fingerprint density at radius 2 is 2.06 bits per heavy atom. The molecule has 0 spiro atoms. The Balaban J connectivity index is 0.00000256. The van der Waals surface area contributed by atoms with E-state index in [1.165, 1.54) is 8.61 Å². The molecule has 0 aromatic heterocycles. The summed E-state index contributed by atoms with van der Waals surface area (Å²) >= 11 is 0. The first-order valence-electron chi connectivity index (χ1n) is 5.39. The summed E-state index contributed by atoms with van der Waals surface area (Å²) in [4.78, 5) is 0. The maximum absolute atomic E-state index is 12.1. The summed E-state index contributed by atoms with van der Waals surface area (Å²) in [6, 6.07) is 0.0648. The van der Waals surface area contributed by atoms with Crippen molar-refractivity contribution in [2.45, 2.75) is 12.5 Å². The van der Waals surface area contributed by atoms with Gasteiger partial charge in [-0.2, -0.15) is 17.0 Å². The molecule has 0 bridgehead atoms. The summed E-state index contributed by atoms with van der Waals surface area (Å²) in [5.74, 6) is 0. The Bertz CT molecular complexity index is 307. The predicted molar refractivity (Wildman–Crippen MR) is 69.7 cm³/mol. The van der Waals surface area contributed by atoms with Crippen LogP contribution in [0.2, 0.25) is 0 Å². The lowest BCUT2D eigenvalue weighted by Crippen LogP contribution is -2.46. The van der Waals surface area contributed by atoms with Gasteiger partial charge < -0.3 is 10.1 Å². The SMILES string of the molecule is COCCN(C)S(=O)(=O)N(C)C1CCNC1.Cl. The summed E-state index contributed by atoms with van der Waals surface area (Å²) < 4.78 is 31.8. The monoisotopic (exact) mass is 287 g/mol. The van der Waals surface area contributed by atoms with Gasteiger partial charge >= 0.3 is 0 Å². The van der Waals surface area contributed by atoms with Crippen LogP contribution in [0.25, 0.3) is 0 Å². The molecule has 1 atom stereocenters. The van der Waals surface area contributed by atoms with Crippen molar-refractivity contribution in [3.05, 3.63) is 0 Å².